The molecule has 0 saturated heterocycles. The third-order valence-electron chi connectivity index (χ3n) is 3.50. The normalized spacial score (nSPS) is 26.4. The average Bonchev–Trinajstić information content (AvgIpc) is 2.75. The monoisotopic (exact) mass is 283 g/mol. The van der Waals surface area contributed by atoms with Crippen LogP contribution in [0.2, 0.25) is 0 Å². The summed E-state index contributed by atoms with van der Waals surface area (Å²) in [6, 6.07) is 0. The Morgan fingerprint density at radius 3 is 2.83 bits per heavy atom. The molecule has 0 radical (unpaired) electrons. The molecule has 2 N–H and O–H groups in total. The van der Waals surface area contributed by atoms with Gasteiger partial charge in [-0.15, -0.1) is 11.3 Å². The molecule has 0 aliphatic heterocycles. The van der Waals surface area contributed by atoms with Crippen LogP contribution in [0.25, 0.3) is 0 Å². The van der Waals surface area contributed by atoms with E-state index in [0.29, 0.717) is 17.5 Å². The van der Waals surface area contributed by atoms with Crippen molar-refractivity contribution in [3.8, 4) is 0 Å². The van der Waals surface area contributed by atoms with Crippen LogP contribution in [0.5, 0.6) is 0 Å². The largest absolute Gasteiger partial charge is 0.392 e. The van der Waals surface area contributed by atoms with E-state index < -0.39 is 5.41 Å². The van der Waals surface area contributed by atoms with Crippen molar-refractivity contribution in [3.63, 3.8) is 0 Å². The summed E-state index contributed by atoms with van der Waals surface area (Å²) in [6.45, 7) is 2.63. The smallest absolute Gasteiger partial charge is 0.235 e. The number of nitrogens with zero attached hydrogens (tertiary/aromatic N) is 2. The number of carbonyl (C=O) groups excluding carboxylic acids is 1. The standard InChI is InChI=1S/C12H17N3OS2/c1-8-3-12(4-8,10(13)17)11(16)15(2)5-9-6-18-7-14-9/h6-8H,3-5H2,1-2H3,(H2,13,17). The first-order chi connectivity index (χ1) is 8.45. The number of nitrogens with two attached hydrogens (primary N) is 1. The number of amides is 1. The molecule has 18 heavy (non-hydrogen) atoms. The van der Waals surface area contributed by atoms with Gasteiger partial charge in [-0.05, 0) is 18.8 Å². The zero-order chi connectivity index (χ0) is 13.3. The van der Waals surface area contributed by atoms with E-state index in [4.69, 9.17) is 18.0 Å². The first kappa shape index (κ1) is 13.4. The molecule has 1 amide bonds. The van der Waals surface area contributed by atoms with E-state index in [1.807, 2.05) is 5.38 Å². The Morgan fingerprint density at radius 1 is 1.72 bits per heavy atom. The lowest BCUT2D eigenvalue weighted by atomic mass is 9.61. The number of thiocarbonyl (C=S) groups is 1. The van der Waals surface area contributed by atoms with Crippen LogP contribution in [-0.2, 0) is 11.3 Å². The van der Waals surface area contributed by atoms with Crippen LogP contribution in [0.4, 0.5) is 0 Å². The van der Waals surface area contributed by atoms with Gasteiger partial charge >= 0.3 is 0 Å². The summed E-state index contributed by atoms with van der Waals surface area (Å²) in [7, 11) is 1.78. The van der Waals surface area contributed by atoms with E-state index in [1.54, 1.807) is 17.5 Å². The Bertz CT molecular complexity index is 452. The SMILES string of the molecule is CC1CC(C(=O)N(C)Cc2cscn2)(C(N)=S)C1. The van der Waals surface area contributed by atoms with Crippen LogP contribution in [0.1, 0.15) is 25.5 Å². The molecule has 1 aliphatic carbocycles. The Kier molecular flexibility index (Phi) is 3.68. The molecular weight excluding hydrogens is 266 g/mol. The first-order valence-electron chi connectivity index (χ1n) is 5.88. The van der Waals surface area contributed by atoms with Gasteiger partial charge in [-0.3, -0.25) is 4.79 Å². The molecule has 1 aliphatic rings. The third kappa shape index (κ3) is 2.27. The van der Waals surface area contributed by atoms with Crippen LogP contribution < -0.4 is 5.73 Å². The fourth-order valence-corrected chi connectivity index (χ4v) is 3.41. The zero-order valence-corrected chi connectivity index (χ0v) is 12.2. The minimum atomic E-state index is -0.612. The summed E-state index contributed by atoms with van der Waals surface area (Å²) in [5.41, 5.74) is 7.84. The summed E-state index contributed by atoms with van der Waals surface area (Å²) in [4.78, 5) is 18.7. The topological polar surface area (TPSA) is 59.2 Å². The molecular formula is C12H17N3OS2. The van der Waals surface area contributed by atoms with Gasteiger partial charge in [0.15, 0.2) is 0 Å². The summed E-state index contributed by atoms with van der Waals surface area (Å²) in [6.07, 6.45) is 1.53. The number of carbonyl (C=O) groups is 1. The van der Waals surface area contributed by atoms with Gasteiger partial charge < -0.3 is 10.6 Å². The maximum Gasteiger partial charge on any atom is 0.235 e. The molecule has 2 rings (SSSR count). The van der Waals surface area contributed by atoms with E-state index in [1.165, 1.54) is 11.3 Å². The third-order valence-corrected chi connectivity index (χ3v) is 4.53. The molecule has 1 aromatic rings. The van der Waals surface area contributed by atoms with Crippen molar-refractivity contribution >= 4 is 34.5 Å². The molecule has 6 heteroatoms. The van der Waals surface area contributed by atoms with Gasteiger partial charge in [0.25, 0.3) is 0 Å². The van der Waals surface area contributed by atoms with Gasteiger partial charge in [0, 0.05) is 12.4 Å². The van der Waals surface area contributed by atoms with Crippen LogP contribution in [0.3, 0.4) is 0 Å². The lowest BCUT2D eigenvalue weighted by molar-refractivity contribution is -0.143. The van der Waals surface area contributed by atoms with Gasteiger partial charge in [0.1, 0.15) is 0 Å². The fourth-order valence-electron chi connectivity index (χ4n) is 2.61. The lowest BCUT2D eigenvalue weighted by Gasteiger charge is -2.45. The van der Waals surface area contributed by atoms with Crippen molar-refractivity contribution in [1.29, 1.82) is 0 Å². The fraction of sp³-hybridized carbons (Fsp3) is 0.583. The highest BCUT2D eigenvalue weighted by atomic mass is 32.1. The second kappa shape index (κ2) is 4.93. The molecule has 0 spiro atoms. The summed E-state index contributed by atoms with van der Waals surface area (Å²) in [5.74, 6) is 0.546. The molecule has 0 bridgehead atoms. The Balaban J connectivity index is 2.08. The second-order valence-corrected chi connectivity index (χ2v) is 6.26. The summed E-state index contributed by atoms with van der Waals surface area (Å²) >= 11 is 6.62. The van der Waals surface area contributed by atoms with E-state index in [2.05, 4.69) is 11.9 Å². The molecule has 0 aromatic carbocycles. The average molecular weight is 283 g/mol. The van der Waals surface area contributed by atoms with Crippen molar-refractivity contribution in [2.45, 2.75) is 26.3 Å². The quantitative estimate of drug-likeness (QED) is 0.856. The van der Waals surface area contributed by atoms with E-state index in [9.17, 15) is 4.79 Å². The number of aromatic nitrogens is 1. The van der Waals surface area contributed by atoms with Crippen LogP contribution in [-0.4, -0.2) is 27.8 Å². The molecule has 98 valence electrons. The maximum absolute atomic E-state index is 12.5. The van der Waals surface area contributed by atoms with E-state index >= 15 is 0 Å². The van der Waals surface area contributed by atoms with Gasteiger partial charge in [-0.1, -0.05) is 19.1 Å². The predicted octanol–water partition coefficient (Wildman–Crippen LogP) is 1.80. The molecule has 1 fully saturated rings. The minimum absolute atomic E-state index is 0.0288. The van der Waals surface area contributed by atoms with Crippen molar-refractivity contribution in [2.75, 3.05) is 7.05 Å². The molecule has 4 nitrogen and oxygen atoms in total. The number of rotatable bonds is 4. The minimum Gasteiger partial charge on any atom is -0.392 e. The zero-order valence-electron chi connectivity index (χ0n) is 10.5. The predicted molar refractivity (Wildman–Crippen MR) is 76.2 cm³/mol. The first-order valence-corrected chi connectivity index (χ1v) is 7.23. The molecule has 0 atom stereocenters. The highest BCUT2D eigenvalue weighted by molar-refractivity contribution is 7.80. The lowest BCUT2D eigenvalue weighted by Crippen LogP contribution is -2.56. The Morgan fingerprint density at radius 2 is 2.39 bits per heavy atom. The number of hydrogen-bond donors (Lipinski definition) is 1. The molecule has 1 saturated carbocycles. The van der Waals surface area contributed by atoms with Crippen LogP contribution in [0, 0.1) is 11.3 Å². The summed E-state index contributed by atoms with van der Waals surface area (Å²) < 4.78 is 0. The number of thiazole rings is 1. The van der Waals surface area contributed by atoms with Crippen LogP contribution >= 0.6 is 23.6 Å². The van der Waals surface area contributed by atoms with Gasteiger partial charge in [0.2, 0.25) is 5.91 Å². The highest BCUT2D eigenvalue weighted by Crippen LogP contribution is 2.47. The van der Waals surface area contributed by atoms with Crippen molar-refractivity contribution < 1.29 is 4.79 Å². The van der Waals surface area contributed by atoms with Crippen molar-refractivity contribution in [2.24, 2.45) is 17.1 Å². The summed E-state index contributed by atoms with van der Waals surface area (Å²) in [5, 5.41) is 1.95. The van der Waals surface area contributed by atoms with Gasteiger partial charge in [0.05, 0.1) is 28.2 Å². The van der Waals surface area contributed by atoms with Gasteiger partial charge in [-0.2, -0.15) is 0 Å². The number of hydrogen-bond acceptors (Lipinski definition) is 4. The maximum atomic E-state index is 12.5. The van der Waals surface area contributed by atoms with Crippen molar-refractivity contribution in [3.05, 3.63) is 16.6 Å². The second-order valence-electron chi connectivity index (χ2n) is 5.10. The Labute approximate surface area is 116 Å². The van der Waals surface area contributed by atoms with Crippen molar-refractivity contribution in [1.82, 2.24) is 9.88 Å². The van der Waals surface area contributed by atoms with Gasteiger partial charge in [-0.25, -0.2) is 4.98 Å². The highest BCUT2D eigenvalue weighted by Gasteiger charge is 2.51. The van der Waals surface area contributed by atoms with E-state index in [0.717, 1.165) is 18.5 Å². The molecule has 1 heterocycles. The Hall–Kier alpha value is -1.01. The van der Waals surface area contributed by atoms with E-state index in [-0.39, 0.29) is 5.91 Å². The molecule has 1 aromatic heterocycles. The van der Waals surface area contributed by atoms with Crippen LogP contribution in [0.15, 0.2) is 10.9 Å². The molecule has 0 unspecified atom stereocenters.